The molecule has 2 N–H and O–H groups in total. The van der Waals surface area contributed by atoms with Crippen molar-refractivity contribution in [3.8, 4) is 11.5 Å². The van der Waals surface area contributed by atoms with Gasteiger partial charge in [-0.25, -0.2) is 13.5 Å². The Kier molecular flexibility index (Phi) is 6.14. The Balaban J connectivity index is 1.56. The van der Waals surface area contributed by atoms with Gasteiger partial charge >= 0.3 is 6.18 Å². The molecule has 1 aliphatic heterocycles. The van der Waals surface area contributed by atoms with Gasteiger partial charge in [0.2, 0.25) is 0 Å². The maximum absolute atomic E-state index is 13.6. The first kappa shape index (κ1) is 23.5. The molecule has 2 aliphatic rings. The van der Waals surface area contributed by atoms with Gasteiger partial charge in [0.25, 0.3) is 5.91 Å². The number of hydrogen-bond donors (Lipinski definition) is 2. The number of sulfone groups is 1. The molecule has 0 atom stereocenters. The van der Waals surface area contributed by atoms with E-state index in [-0.39, 0.29) is 35.3 Å². The summed E-state index contributed by atoms with van der Waals surface area (Å²) in [6, 6.07) is 9.12. The first-order valence-electron chi connectivity index (χ1n) is 10.5. The monoisotopic (exact) mass is 484 g/mol. The molecule has 0 radical (unpaired) electrons. The summed E-state index contributed by atoms with van der Waals surface area (Å²) >= 11 is 0. The number of hydroxylamine groups is 2. The molecule has 7 nitrogen and oxygen atoms in total. The minimum absolute atomic E-state index is 0.0295. The summed E-state index contributed by atoms with van der Waals surface area (Å²) in [5.74, 6) is -0.429. The van der Waals surface area contributed by atoms with Crippen LogP contribution in [0.4, 0.5) is 13.2 Å². The predicted octanol–water partition coefficient (Wildman–Crippen LogP) is 3.77. The van der Waals surface area contributed by atoms with E-state index in [0.717, 1.165) is 12.1 Å². The molecule has 0 unspecified atom stereocenters. The summed E-state index contributed by atoms with van der Waals surface area (Å²) in [5, 5.41) is 13.9. The highest BCUT2D eigenvalue weighted by atomic mass is 32.2. The minimum atomic E-state index is -4.46. The number of nitrogens with zero attached hydrogens (tertiary/aromatic N) is 1. The molecule has 2 aromatic rings. The molecule has 1 amide bonds. The highest BCUT2D eigenvalue weighted by Crippen LogP contribution is 2.39. The van der Waals surface area contributed by atoms with Gasteiger partial charge in [0, 0.05) is 0 Å². The van der Waals surface area contributed by atoms with E-state index in [1.54, 1.807) is 0 Å². The van der Waals surface area contributed by atoms with E-state index in [9.17, 15) is 31.6 Å². The summed E-state index contributed by atoms with van der Waals surface area (Å²) < 4.78 is 69.0. The number of carbonyl (C=O) groups is 1. The summed E-state index contributed by atoms with van der Waals surface area (Å²) in [6.45, 7) is 0.636. The van der Waals surface area contributed by atoms with E-state index in [0.29, 0.717) is 31.0 Å². The van der Waals surface area contributed by atoms with Crippen LogP contribution in [0.15, 0.2) is 53.4 Å². The normalized spacial score (nSPS) is 18.5. The number of ether oxygens (including phenoxy) is 1. The van der Waals surface area contributed by atoms with E-state index in [4.69, 9.17) is 4.74 Å². The number of amides is 1. The van der Waals surface area contributed by atoms with Crippen molar-refractivity contribution in [2.45, 2.75) is 47.5 Å². The number of halogens is 3. The molecule has 4 rings (SSSR count). The Labute approximate surface area is 189 Å². The second-order valence-corrected chi connectivity index (χ2v) is 10.5. The Hall–Kier alpha value is -2.63. The van der Waals surface area contributed by atoms with Gasteiger partial charge in [-0.3, -0.25) is 10.0 Å². The van der Waals surface area contributed by atoms with Crippen LogP contribution >= 0.6 is 0 Å². The van der Waals surface area contributed by atoms with Crippen molar-refractivity contribution >= 4 is 15.7 Å². The maximum atomic E-state index is 13.6. The van der Waals surface area contributed by atoms with Gasteiger partial charge in [0.15, 0.2) is 14.6 Å². The van der Waals surface area contributed by atoms with Gasteiger partial charge in [-0.15, -0.1) is 0 Å². The van der Waals surface area contributed by atoms with Gasteiger partial charge in [-0.1, -0.05) is 0 Å². The Morgan fingerprint density at radius 3 is 2.00 bits per heavy atom. The first-order chi connectivity index (χ1) is 15.5. The van der Waals surface area contributed by atoms with Crippen LogP contribution in [-0.2, 0) is 20.8 Å². The highest BCUT2D eigenvalue weighted by Gasteiger charge is 2.55. The average Bonchev–Trinajstić information content (AvgIpc) is 3.64. The van der Waals surface area contributed by atoms with Crippen LogP contribution < -0.4 is 10.1 Å². The van der Waals surface area contributed by atoms with Crippen molar-refractivity contribution in [2.24, 2.45) is 0 Å². The lowest BCUT2D eigenvalue weighted by molar-refractivity contribution is -0.171. The summed E-state index contributed by atoms with van der Waals surface area (Å²) in [4.78, 5) is 13.0. The minimum Gasteiger partial charge on any atom is -0.457 e. The topological polar surface area (TPSA) is 95.9 Å². The smallest absolute Gasteiger partial charge is 0.416 e. The van der Waals surface area contributed by atoms with Crippen LogP contribution in [0.5, 0.6) is 11.5 Å². The lowest BCUT2D eigenvalue weighted by Gasteiger charge is -2.37. The lowest BCUT2D eigenvalue weighted by atomic mass is 9.95. The molecular formula is C22H23F3N2O5S. The molecule has 1 heterocycles. The van der Waals surface area contributed by atoms with Crippen molar-refractivity contribution in [1.29, 1.82) is 0 Å². The van der Waals surface area contributed by atoms with Crippen LogP contribution in [0.3, 0.4) is 0 Å². The van der Waals surface area contributed by atoms with E-state index < -0.39 is 32.2 Å². The first-order valence-corrected chi connectivity index (χ1v) is 12.0. The third-order valence-corrected chi connectivity index (χ3v) is 8.47. The zero-order chi connectivity index (χ0) is 23.9. The predicted molar refractivity (Wildman–Crippen MR) is 112 cm³/mol. The second-order valence-electron chi connectivity index (χ2n) is 8.22. The van der Waals surface area contributed by atoms with Crippen molar-refractivity contribution in [1.82, 2.24) is 10.4 Å². The fourth-order valence-corrected chi connectivity index (χ4v) is 5.89. The standard InChI is InChI=1S/C22H23F3N2O5S/c23-22(24,25)15-1-5-17(6-2-15)32-18-7-9-19(10-8-18)33(30,31)21(11-13-26-14-12-21)20(28)27(29)16-3-4-16/h1-2,5-10,16,26,29H,3-4,11-14H2. The number of benzene rings is 2. The Bertz CT molecular complexity index is 1110. The quantitative estimate of drug-likeness (QED) is 0.479. The van der Waals surface area contributed by atoms with Crippen LogP contribution in [0.1, 0.15) is 31.2 Å². The van der Waals surface area contributed by atoms with Gasteiger partial charge in [0.05, 0.1) is 16.5 Å². The number of nitrogens with one attached hydrogen (secondary N) is 1. The molecule has 178 valence electrons. The molecule has 11 heteroatoms. The van der Waals surface area contributed by atoms with Crippen molar-refractivity contribution < 1.29 is 36.3 Å². The van der Waals surface area contributed by atoms with E-state index in [1.807, 2.05) is 0 Å². The number of hydrogen-bond acceptors (Lipinski definition) is 6. The van der Waals surface area contributed by atoms with Crippen LogP contribution in [0, 0.1) is 0 Å². The van der Waals surface area contributed by atoms with E-state index in [1.165, 1.54) is 36.4 Å². The fourth-order valence-electron chi connectivity index (χ4n) is 3.88. The average molecular weight is 484 g/mol. The van der Waals surface area contributed by atoms with Crippen molar-refractivity contribution in [2.75, 3.05) is 13.1 Å². The van der Waals surface area contributed by atoms with Gasteiger partial charge in [0.1, 0.15) is 11.5 Å². The van der Waals surface area contributed by atoms with Gasteiger partial charge < -0.3 is 10.1 Å². The zero-order valence-electron chi connectivity index (χ0n) is 17.5. The van der Waals surface area contributed by atoms with Gasteiger partial charge in [-0.05, 0) is 87.3 Å². The van der Waals surface area contributed by atoms with Crippen molar-refractivity contribution in [3.63, 3.8) is 0 Å². The van der Waals surface area contributed by atoms with E-state index >= 15 is 0 Å². The molecule has 2 aromatic carbocycles. The molecule has 0 spiro atoms. The third kappa shape index (κ3) is 4.57. The Morgan fingerprint density at radius 2 is 1.52 bits per heavy atom. The van der Waals surface area contributed by atoms with Crippen molar-refractivity contribution in [3.05, 3.63) is 54.1 Å². The van der Waals surface area contributed by atoms with Gasteiger partial charge in [-0.2, -0.15) is 13.2 Å². The molecule has 2 fully saturated rings. The molecule has 0 aromatic heterocycles. The SMILES string of the molecule is O=C(N(O)C1CC1)C1(S(=O)(=O)c2ccc(Oc3ccc(C(F)(F)F)cc3)cc2)CCNCC1. The molecule has 1 aliphatic carbocycles. The van der Waals surface area contributed by atoms with Crippen LogP contribution in [-0.4, -0.2) is 48.5 Å². The highest BCUT2D eigenvalue weighted by molar-refractivity contribution is 7.93. The summed E-state index contributed by atoms with van der Waals surface area (Å²) in [7, 11) is -4.16. The van der Waals surface area contributed by atoms with Crippen LogP contribution in [0.2, 0.25) is 0 Å². The third-order valence-electron chi connectivity index (χ3n) is 5.97. The lowest BCUT2D eigenvalue weighted by Crippen LogP contribution is -2.58. The largest absolute Gasteiger partial charge is 0.457 e. The fraction of sp³-hybridized carbons (Fsp3) is 0.409. The molecule has 33 heavy (non-hydrogen) atoms. The molecule has 1 saturated carbocycles. The number of rotatable bonds is 6. The second kappa shape index (κ2) is 8.62. The molecule has 0 bridgehead atoms. The molecule has 1 saturated heterocycles. The number of piperidine rings is 1. The van der Waals surface area contributed by atoms with E-state index in [2.05, 4.69) is 5.32 Å². The maximum Gasteiger partial charge on any atom is 0.416 e. The summed E-state index contributed by atoms with van der Waals surface area (Å²) in [5.41, 5.74) is -0.808. The van der Waals surface area contributed by atoms with Crippen LogP contribution in [0.25, 0.3) is 0 Å². The molecular weight excluding hydrogens is 461 g/mol. The number of alkyl halides is 3. The number of carbonyl (C=O) groups excluding carboxylic acids is 1. The summed E-state index contributed by atoms with van der Waals surface area (Å²) in [6.07, 6.45) is -3.14. The Morgan fingerprint density at radius 1 is 1.00 bits per heavy atom. The zero-order valence-corrected chi connectivity index (χ0v) is 18.3.